The lowest BCUT2D eigenvalue weighted by atomic mass is 10.2. The van der Waals surface area contributed by atoms with Gasteiger partial charge < -0.3 is 4.74 Å². The first-order valence-electron chi connectivity index (χ1n) is 6.61. The van der Waals surface area contributed by atoms with Crippen molar-refractivity contribution in [2.24, 2.45) is 0 Å². The molecule has 0 aliphatic rings. The van der Waals surface area contributed by atoms with E-state index < -0.39 is 21.9 Å². The molecule has 9 heteroatoms. The fraction of sp³-hybridized carbons (Fsp3) is 0.133. The molecule has 1 amide bonds. The minimum absolute atomic E-state index is 0.0549. The number of carbonyl (C=O) groups is 3. The first-order valence-corrected chi connectivity index (χ1v) is 8.91. The van der Waals surface area contributed by atoms with Crippen LogP contribution in [-0.4, -0.2) is 33.2 Å². The number of methoxy groups -OCH3 is 1. The number of sulfonamides is 1. The SMILES string of the molecule is COC(=O)c1ccc(C(=O)NS(=O)(=O)c2ccc(C(C)=O)cc2)s1. The van der Waals surface area contributed by atoms with E-state index in [2.05, 4.69) is 4.74 Å². The molecule has 2 rings (SSSR count). The van der Waals surface area contributed by atoms with Gasteiger partial charge in [0.15, 0.2) is 5.78 Å². The number of thiophene rings is 1. The molecule has 1 N–H and O–H groups in total. The molecule has 2 aromatic rings. The number of carbonyl (C=O) groups excluding carboxylic acids is 3. The molecule has 7 nitrogen and oxygen atoms in total. The summed E-state index contributed by atoms with van der Waals surface area (Å²) in [6.07, 6.45) is 0. The maximum Gasteiger partial charge on any atom is 0.348 e. The smallest absolute Gasteiger partial charge is 0.348 e. The van der Waals surface area contributed by atoms with E-state index >= 15 is 0 Å². The molecular weight excluding hydrogens is 354 g/mol. The van der Waals surface area contributed by atoms with Crippen LogP contribution in [0.3, 0.4) is 0 Å². The van der Waals surface area contributed by atoms with Crippen molar-refractivity contribution in [3.63, 3.8) is 0 Å². The molecule has 0 unspecified atom stereocenters. The van der Waals surface area contributed by atoms with Crippen molar-refractivity contribution < 1.29 is 27.5 Å². The van der Waals surface area contributed by atoms with Gasteiger partial charge in [0.2, 0.25) is 0 Å². The van der Waals surface area contributed by atoms with Crippen molar-refractivity contribution in [2.45, 2.75) is 11.8 Å². The Hall–Kier alpha value is -2.52. The number of nitrogens with one attached hydrogen (secondary N) is 1. The Morgan fingerprint density at radius 3 is 2.12 bits per heavy atom. The Morgan fingerprint density at radius 1 is 1.00 bits per heavy atom. The molecule has 1 aromatic heterocycles. The lowest BCUT2D eigenvalue weighted by molar-refractivity contribution is 0.0606. The second kappa shape index (κ2) is 6.93. The molecule has 1 heterocycles. The summed E-state index contributed by atoms with van der Waals surface area (Å²) in [5.41, 5.74) is 0.362. The van der Waals surface area contributed by atoms with Gasteiger partial charge in [0.1, 0.15) is 4.88 Å². The molecule has 0 atom stereocenters. The summed E-state index contributed by atoms with van der Waals surface area (Å²) in [5, 5.41) is 0. The van der Waals surface area contributed by atoms with Crippen LogP contribution in [-0.2, 0) is 14.8 Å². The predicted octanol–water partition coefficient (Wildman–Crippen LogP) is 1.86. The highest BCUT2D eigenvalue weighted by atomic mass is 32.2. The third kappa shape index (κ3) is 3.87. The zero-order valence-electron chi connectivity index (χ0n) is 12.7. The van der Waals surface area contributed by atoms with Gasteiger partial charge in [0, 0.05) is 5.56 Å². The summed E-state index contributed by atoms with van der Waals surface area (Å²) < 4.78 is 30.8. The number of rotatable bonds is 5. The first kappa shape index (κ1) is 17.8. The van der Waals surface area contributed by atoms with Crippen molar-refractivity contribution in [3.8, 4) is 0 Å². The van der Waals surface area contributed by atoms with Crippen LogP contribution in [0.5, 0.6) is 0 Å². The van der Waals surface area contributed by atoms with Crippen molar-refractivity contribution >= 4 is 39.0 Å². The Kier molecular flexibility index (Phi) is 5.15. The molecule has 0 aliphatic carbocycles. The van der Waals surface area contributed by atoms with Gasteiger partial charge in [-0.15, -0.1) is 11.3 Å². The van der Waals surface area contributed by atoms with Crippen molar-refractivity contribution in [3.05, 3.63) is 51.7 Å². The highest BCUT2D eigenvalue weighted by Gasteiger charge is 2.21. The third-order valence-corrected chi connectivity index (χ3v) is 5.43. The molecule has 0 fully saturated rings. The average Bonchev–Trinajstić information content (AvgIpc) is 3.04. The highest BCUT2D eigenvalue weighted by molar-refractivity contribution is 7.90. The number of Topliss-reactive ketones (excluding diaryl/α,β-unsaturated/α-hetero) is 1. The number of benzene rings is 1. The van der Waals surface area contributed by atoms with Gasteiger partial charge in [-0.25, -0.2) is 17.9 Å². The fourth-order valence-electron chi connectivity index (χ4n) is 1.77. The van der Waals surface area contributed by atoms with Crippen LogP contribution in [0.1, 0.15) is 36.6 Å². The summed E-state index contributed by atoms with van der Waals surface area (Å²) in [7, 11) is -2.88. The van der Waals surface area contributed by atoms with Gasteiger partial charge in [0.25, 0.3) is 15.9 Å². The molecule has 0 saturated heterocycles. The van der Waals surface area contributed by atoms with Crippen LogP contribution in [0.4, 0.5) is 0 Å². The normalized spacial score (nSPS) is 10.9. The molecule has 24 heavy (non-hydrogen) atoms. The number of ketones is 1. The van der Waals surface area contributed by atoms with Crippen LogP contribution in [0.25, 0.3) is 0 Å². The van der Waals surface area contributed by atoms with E-state index in [0.717, 1.165) is 11.3 Å². The second-order valence-electron chi connectivity index (χ2n) is 4.67. The van der Waals surface area contributed by atoms with E-state index in [1.807, 2.05) is 4.72 Å². The standard InChI is InChI=1S/C15H13NO6S2/c1-9(17)10-3-5-11(6-4-10)24(20,21)16-14(18)12-7-8-13(23-12)15(19)22-2/h3-8H,1-2H3,(H,16,18). The van der Waals surface area contributed by atoms with Gasteiger partial charge in [-0.1, -0.05) is 12.1 Å². The summed E-state index contributed by atoms with van der Waals surface area (Å²) in [5.74, 6) is -1.66. The molecule has 1 aromatic carbocycles. The van der Waals surface area contributed by atoms with Crippen LogP contribution >= 0.6 is 11.3 Å². The number of hydrogen-bond acceptors (Lipinski definition) is 7. The molecule has 0 saturated carbocycles. The number of hydrogen-bond donors (Lipinski definition) is 1. The lowest BCUT2D eigenvalue weighted by Crippen LogP contribution is -2.30. The Bertz CT molecular complexity index is 896. The minimum Gasteiger partial charge on any atom is -0.465 e. The number of amides is 1. The van der Waals surface area contributed by atoms with Crippen molar-refractivity contribution in [1.82, 2.24) is 4.72 Å². The van der Waals surface area contributed by atoms with Crippen LogP contribution in [0.2, 0.25) is 0 Å². The quantitative estimate of drug-likeness (QED) is 0.638. The van der Waals surface area contributed by atoms with Gasteiger partial charge in [0.05, 0.1) is 16.9 Å². The van der Waals surface area contributed by atoms with Gasteiger partial charge in [-0.05, 0) is 31.2 Å². The fourth-order valence-corrected chi connectivity index (χ4v) is 3.62. The maximum absolute atomic E-state index is 12.2. The molecule has 0 radical (unpaired) electrons. The van der Waals surface area contributed by atoms with Gasteiger partial charge >= 0.3 is 5.97 Å². The van der Waals surface area contributed by atoms with E-state index in [4.69, 9.17) is 0 Å². The third-order valence-electron chi connectivity index (χ3n) is 3.01. The molecule has 0 spiro atoms. The van der Waals surface area contributed by atoms with Crippen molar-refractivity contribution in [1.29, 1.82) is 0 Å². The summed E-state index contributed by atoms with van der Waals surface area (Å²) in [6, 6.07) is 7.91. The second-order valence-corrected chi connectivity index (χ2v) is 7.44. The van der Waals surface area contributed by atoms with Crippen LogP contribution < -0.4 is 4.72 Å². The Labute approximate surface area is 142 Å². The minimum atomic E-state index is -4.09. The van der Waals surface area contributed by atoms with E-state index in [-0.39, 0.29) is 20.4 Å². The number of ether oxygens (including phenoxy) is 1. The predicted molar refractivity (Wildman–Crippen MR) is 86.8 cm³/mol. The molecule has 126 valence electrons. The summed E-state index contributed by atoms with van der Waals surface area (Å²) >= 11 is 0.820. The van der Waals surface area contributed by atoms with E-state index in [1.54, 1.807) is 0 Å². The molecule has 0 aliphatic heterocycles. The van der Waals surface area contributed by atoms with E-state index in [0.29, 0.717) is 5.56 Å². The summed E-state index contributed by atoms with van der Waals surface area (Å²) in [4.78, 5) is 34.7. The molecule has 0 bridgehead atoms. The topological polar surface area (TPSA) is 107 Å². The van der Waals surface area contributed by atoms with Gasteiger partial charge in [-0.2, -0.15) is 0 Å². The lowest BCUT2D eigenvalue weighted by Gasteiger charge is -2.06. The van der Waals surface area contributed by atoms with E-state index in [9.17, 15) is 22.8 Å². The van der Waals surface area contributed by atoms with Crippen LogP contribution in [0.15, 0.2) is 41.3 Å². The monoisotopic (exact) mass is 367 g/mol. The first-order chi connectivity index (χ1) is 11.2. The van der Waals surface area contributed by atoms with E-state index in [1.165, 1.54) is 50.4 Å². The Balaban J connectivity index is 2.19. The largest absolute Gasteiger partial charge is 0.465 e. The Morgan fingerprint density at radius 2 is 1.58 bits per heavy atom. The molecular formula is C15H13NO6S2. The highest BCUT2D eigenvalue weighted by Crippen LogP contribution is 2.18. The average molecular weight is 367 g/mol. The number of esters is 1. The zero-order valence-corrected chi connectivity index (χ0v) is 14.4. The summed E-state index contributed by atoms with van der Waals surface area (Å²) in [6.45, 7) is 1.36. The van der Waals surface area contributed by atoms with Gasteiger partial charge in [-0.3, -0.25) is 9.59 Å². The maximum atomic E-state index is 12.2. The zero-order chi connectivity index (χ0) is 17.9. The van der Waals surface area contributed by atoms with Crippen LogP contribution in [0, 0.1) is 0 Å². The van der Waals surface area contributed by atoms with Crippen molar-refractivity contribution in [2.75, 3.05) is 7.11 Å².